The number of imidazole rings is 1. The van der Waals surface area contributed by atoms with Crippen molar-refractivity contribution in [3.05, 3.63) is 117 Å². The Bertz CT molecular complexity index is 1500. The highest BCUT2D eigenvalue weighted by Crippen LogP contribution is 2.29. The Morgan fingerprint density at radius 3 is 2.21 bits per heavy atom. The topological polar surface area (TPSA) is 69.1 Å². The van der Waals surface area contributed by atoms with E-state index >= 15 is 0 Å². The second-order valence-electron chi connectivity index (χ2n) is 7.57. The van der Waals surface area contributed by atoms with Crippen molar-refractivity contribution in [2.75, 3.05) is 0 Å². The van der Waals surface area contributed by atoms with Gasteiger partial charge in [-0.1, -0.05) is 60.7 Å². The number of rotatable bonds is 7. The molecular formula is C26H19BrFN3O3. The van der Waals surface area contributed by atoms with Crippen LogP contribution in [0.4, 0.5) is 4.39 Å². The minimum atomic E-state index is -0.484. The number of hydrogen-bond donors (Lipinski definition) is 1. The first-order chi connectivity index (χ1) is 16.6. The summed E-state index contributed by atoms with van der Waals surface area (Å²) in [6.07, 6.45) is 0. The molecule has 0 aliphatic rings. The van der Waals surface area contributed by atoms with E-state index in [0.717, 1.165) is 11.1 Å². The van der Waals surface area contributed by atoms with Crippen LogP contribution < -0.4 is 15.2 Å². The summed E-state index contributed by atoms with van der Waals surface area (Å²) in [5, 5.41) is 0. The molecule has 6 nitrogen and oxygen atoms in total. The largest absolute Gasteiger partial charge is 0.473 e. The van der Waals surface area contributed by atoms with Gasteiger partial charge in [0, 0.05) is 12.1 Å². The summed E-state index contributed by atoms with van der Waals surface area (Å²) in [5.74, 6) is 0.0565. The maximum atomic E-state index is 14.3. The van der Waals surface area contributed by atoms with Crippen LogP contribution in [0, 0.1) is 5.82 Å². The van der Waals surface area contributed by atoms with Crippen molar-refractivity contribution in [3.8, 4) is 17.4 Å². The van der Waals surface area contributed by atoms with E-state index in [-0.39, 0.29) is 17.0 Å². The lowest BCUT2D eigenvalue weighted by Crippen LogP contribution is -2.16. The van der Waals surface area contributed by atoms with Gasteiger partial charge in [-0.25, -0.2) is 9.18 Å². The van der Waals surface area contributed by atoms with Crippen LogP contribution in [-0.4, -0.2) is 14.5 Å². The third-order valence-corrected chi connectivity index (χ3v) is 5.84. The van der Waals surface area contributed by atoms with Crippen LogP contribution in [-0.2, 0) is 13.2 Å². The Hall–Kier alpha value is -3.91. The molecule has 0 amide bonds. The average Bonchev–Trinajstić information content (AvgIpc) is 3.17. The molecule has 0 aliphatic carbocycles. The van der Waals surface area contributed by atoms with Crippen LogP contribution >= 0.6 is 15.9 Å². The molecule has 2 aromatic heterocycles. The van der Waals surface area contributed by atoms with Gasteiger partial charge in [0.25, 0.3) is 0 Å². The quantitative estimate of drug-likeness (QED) is 0.296. The molecule has 0 fully saturated rings. The fraction of sp³-hybridized carbons (Fsp3) is 0.0769. The number of H-pyrrole nitrogens is 1. The standard InChI is InChI=1S/C26H19BrFN3O3/c27-19-13-21-23(14-20(19)28)31(26(32)29-21)22-11-12-24(33-15-17-7-3-1-4-8-17)30-25(22)34-16-18-9-5-2-6-10-18/h1-14H,15-16H2,(H,29,32). The second kappa shape index (κ2) is 9.52. The van der Waals surface area contributed by atoms with Crippen molar-refractivity contribution in [2.24, 2.45) is 0 Å². The molecule has 170 valence electrons. The molecule has 34 heavy (non-hydrogen) atoms. The molecule has 0 aliphatic heterocycles. The molecule has 0 saturated heterocycles. The fourth-order valence-electron chi connectivity index (χ4n) is 3.57. The predicted octanol–water partition coefficient (Wildman–Crippen LogP) is 5.77. The summed E-state index contributed by atoms with van der Waals surface area (Å²) in [7, 11) is 0. The van der Waals surface area contributed by atoms with Gasteiger partial charge in [0.1, 0.15) is 24.7 Å². The molecule has 0 atom stereocenters. The summed E-state index contributed by atoms with van der Waals surface area (Å²) in [6.45, 7) is 0.567. The van der Waals surface area contributed by atoms with E-state index in [1.54, 1.807) is 12.1 Å². The Kier molecular flexibility index (Phi) is 6.14. The number of halogens is 2. The maximum absolute atomic E-state index is 14.3. The summed E-state index contributed by atoms with van der Waals surface area (Å²) in [5.41, 5.74) is 2.73. The van der Waals surface area contributed by atoms with Crippen molar-refractivity contribution in [1.29, 1.82) is 0 Å². The summed E-state index contributed by atoms with van der Waals surface area (Å²) in [4.78, 5) is 20.1. The lowest BCUT2D eigenvalue weighted by atomic mass is 10.2. The normalized spacial score (nSPS) is 11.0. The SMILES string of the molecule is O=c1[nH]c2cc(Br)c(F)cc2n1-c1ccc(OCc2ccccc2)nc1OCc1ccccc1. The number of benzene rings is 3. The number of pyridine rings is 1. The van der Waals surface area contributed by atoms with Gasteiger partial charge in [-0.05, 0) is 39.2 Å². The van der Waals surface area contributed by atoms with Crippen molar-refractivity contribution in [1.82, 2.24) is 14.5 Å². The molecule has 0 radical (unpaired) electrons. The number of aromatic amines is 1. The Labute approximate surface area is 202 Å². The number of fused-ring (bicyclic) bond motifs is 1. The summed E-state index contributed by atoms with van der Waals surface area (Å²) in [6, 6.07) is 25.5. The van der Waals surface area contributed by atoms with Gasteiger partial charge in [0.2, 0.25) is 11.8 Å². The number of aromatic nitrogens is 3. The summed E-state index contributed by atoms with van der Waals surface area (Å²) < 4.78 is 27.8. The minimum absolute atomic E-state index is 0.195. The molecule has 3 aromatic carbocycles. The highest BCUT2D eigenvalue weighted by molar-refractivity contribution is 9.10. The van der Waals surface area contributed by atoms with Gasteiger partial charge in [0.15, 0.2) is 0 Å². The zero-order valence-electron chi connectivity index (χ0n) is 17.9. The number of nitrogens with one attached hydrogen (secondary N) is 1. The number of hydrogen-bond acceptors (Lipinski definition) is 4. The second-order valence-corrected chi connectivity index (χ2v) is 8.43. The van der Waals surface area contributed by atoms with Crippen molar-refractivity contribution in [2.45, 2.75) is 13.2 Å². The van der Waals surface area contributed by atoms with E-state index < -0.39 is 11.5 Å². The zero-order valence-corrected chi connectivity index (χ0v) is 19.5. The van der Waals surface area contributed by atoms with E-state index in [9.17, 15) is 9.18 Å². The van der Waals surface area contributed by atoms with E-state index in [1.807, 2.05) is 60.7 Å². The lowest BCUT2D eigenvalue weighted by Gasteiger charge is -2.14. The van der Waals surface area contributed by atoms with E-state index in [4.69, 9.17) is 9.47 Å². The monoisotopic (exact) mass is 519 g/mol. The Balaban J connectivity index is 1.54. The van der Waals surface area contributed by atoms with Crippen molar-refractivity contribution >= 4 is 27.0 Å². The molecule has 5 rings (SSSR count). The van der Waals surface area contributed by atoms with Crippen molar-refractivity contribution < 1.29 is 13.9 Å². The fourth-order valence-corrected chi connectivity index (χ4v) is 3.91. The van der Waals surface area contributed by atoms with E-state index in [0.29, 0.717) is 29.2 Å². The van der Waals surface area contributed by atoms with Crippen LogP contribution in [0.25, 0.3) is 16.7 Å². The minimum Gasteiger partial charge on any atom is -0.473 e. The van der Waals surface area contributed by atoms with E-state index in [1.165, 1.54) is 16.7 Å². The molecule has 0 unspecified atom stereocenters. The van der Waals surface area contributed by atoms with Crippen LogP contribution in [0.2, 0.25) is 0 Å². The molecule has 1 N–H and O–H groups in total. The molecule has 0 saturated carbocycles. The van der Waals surface area contributed by atoms with Gasteiger partial charge in [-0.2, -0.15) is 4.98 Å². The van der Waals surface area contributed by atoms with Crippen molar-refractivity contribution in [3.63, 3.8) is 0 Å². The third-order valence-electron chi connectivity index (χ3n) is 5.23. The van der Waals surface area contributed by atoms with Gasteiger partial charge in [-0.3, -0.25) is 4.57 Å². The van der Waals surface area contributed by atoms with Gasteiger partial charge in [0.05, 0.1) is 15.5 Å². The first kappa shape index (κ1) is 21.9. The zero-order chi connectivity index (χ0) is 23.5. The average molecular weight is 520 g/mol. The number of ether oxygens (including phenoxy) is 2. The highest BCUT2D eigenvalue weighted by Gasteiger charge is 2.18. The molecule has 5 aromatic rings. The van der Waals surface area contributed by atoms with Crippen LogP contribution in [0.1, 0.15) is 11.1 Å². The summed E-state index contributed by atoms with van der Waals surface area (Å²) >= 11 is 3.16. The lowest BCUT2D eigenvalue weighted by molar-refractivity contribution is 0.267. The van der Waals surface area contributed by atoms with Gasteiger partial charge >= 0.3 is 5.69 Å². The first-order valence-electron chi connectivity index (χ1n) is 10.5. The molecule has 0 bridgehead atoms. The molecule has 8 heteroatoms. The van der Waals surface area contributed by atoms with Crippen LogP contribution in [0.15, 0.2) is 94.2 Å². The molecule has 2 heterocycles. The van der Waals surface area contributed by atoms with Gasteiger partial charge in [-0.15, -0.1) is 0 Å². The molecular weight excluding hydrogens is 501 g/mol. The predicted molar refractivity (Wildman–Crippen MR) is 131 cm³/mol. The smallest absolute Gasteiger partial charge is 0.331 e. The maximum Gasteiger partial charge on any atom is 0.331 e. The first-order valence-corrected chi connectivity index (χ1v) is 11.3. The van der Waals surface area contributed by atoms with E-state index in [2.05, 4.69) is 25.9 Å². The molecule has 0 spiro atoms. The number of nitrogens with zero attached hydrogens (tertiary/aromatic N) is 2. The van der Waals surface area contributed by atoms with Crippen LogP contribution in [0.5, 0.6) is 11.8 Å². The van der Waals surface area contributed by atoms with Gasteiger partial charge < -0.3 is 14.5 Å². The van der Waals surface area contributed by atoms with Crippen LogP contribution in [0.3, 0.4) is 0 Å². The Morgan fingerprint density at radius 2 is 1.53 bits per heavy atom. The third kappa shape index (κ3) is 4.58. The Morgan fingerprint density at radius 1 is 0.882 bits per heavy atom. The highest BCUT2D eigenvalue weighted by atomic mass is 79.9.